The lowest BCUT2D eigenvalue weighted by Crippen LogP contribution is -2.34. The maximum atomic E-state index is 5.66. The van der Waals surface area contributed by atoms with E-state index in [4.69, 9.17) is 9.47 Å². The highest BCUT2D eigenvalue weighted by Gasteiger charge is 2.26. The Labute approximate surface area is 108 Å². The normalized spacial score (nSPS) is 31.3. The Morgan fingerprint density at radius 1 is 1.33 bits per heavy atom. The second-order valence-corrected chi connectivity index (χ2v) is 5.30. The molecule has 18 heavy (non-hydrogen) atoms. The predicted octanol–water partition coefficient (Wildman–Crippen LogP) is 2.27. The Hall–Kier alpha value is -0.900. The summed E-state index contributed by atoms with van der Waals surface area (Å²) in [5, 5.41) is 3.65. The van der Waals surface area contributed by atoms with E-state index < -0.39 is 0 Å². The summed E-state index contributed by atoms with van der Waals surface area (Å²) in [5.41, 5.74) is 2.72. The molecule has 0 aliphatic carbocycles. The van der Waals surface area contributed by atoms with Gasteiger partial charge in [-0.2, -0.15) is 0 Å². The van der Waals surface area contributed by atoms with Crippen molar-refractivity contribution < 1.29 is 9.47 Å². The van der Waals surface area contributed by atoms with Crippen molar-refractivity contribution in [2.24, 2.45) is 5.92 Å². The molecule has 2 aliphatic rings. The molecule has 3 atom stereocenters. The lowest BCUT2D eigenvalue weighted by molar-refractivity contribution is 0.0758. The summed E-state index contributed by atoms with van der Waals surface area (Å²) in [6.07, 6.45) is 1.56. The SMILES string of the molecule is CC1OCCC1CNC1COCc2ccccc21. The molecule has 0 aromatic heterocycles. The Morgan fingerprint density at radius 3 is 3.06 bits per heavy atom. The molecule has 98 valence electrons. The Bertz CT molecular complexity index is 407. The van der Waals surface area contributed by atoms with Crippen molar-refractivity contribution in [1.82, 2.24) is 5.32 Å². The lowest BCUT2D eigenvalue weighted by atomic mass is 9.97. The molecule has 1 saturated heterocycles. The van der Waals surface area contributed by atoms with Crippen LogP contribution in [0, 0.1) is 5.92 Å². The van der Waals surface area contributed by atoms with Crippen LogP contribution in [0.25, 0.3) is 0 Å². The zero-order valence-corrected chi connectivity index (χ0v) is 10.9. The molecule has 1 aromatic carbocycles. The summed E-state index contributed by atoms with van der Waals surface area (Å²) < 4.78 is 11.3. The highest BCUT2D eigenvalue weighted by atomic mass is 16.5. The van der Waals surface area contributed by atoms with Gasteiger partial charge in [-0.05, 0) is 30.4 Å². The van der Waals surface area contributed by atoms with Crippen LogP contribution in [-0.2, 0) is 16.1 Å². The van der Waals surface area contributed by atoms with E-state index in [-0.39, 0.29) is 0 Å². The fourth-order valence-electron chi connectivity index (χ4n) is 2.89. The summed E-state index contributed by atoms with van der Waals surface area (Å²) in [5.74, 6) is 0.638. The standard InChI is InChI=1S/C15H21NO2/c1-11-12(6-7-18-11)8-16-15-10-17-9-13-4-2-3-5-14(13)15/h2-5,11-12,15-16H,6-10H2,1H3. The first-order valence-corrected chi connectivity index (χ1v) is 6.85. The second-order valence-electron chi connectivity index (χ2n) is 5.30. The topological polar surface area (TPSA) is 30.5 Å². The van der Waals surface area contributed by atoms with Crippen LogP contribution < -0.4 is 5.32 Å². The van der Waals surface area contributed by atoms with Crippen molar-refractivity contribution in [2.45, 2.75) is 32.1 Å². The van der Waals surface area contributed by atoms with Crippen molar-refractivity contribution in [2.75, 3.05) is 19.8 Å². The van der Waals surface area contributed by atoms with Gasteiger partial charge in [0.1, 0.15) is 0 Å². The van der Waals surface area contributed by atoms with Gasteiger partial charge >= 0.3 is 0 Å². The Balaban J connectivity index is 1.64. The van der Waals surface area contributed by atoms with Gasteiger partial charge in [-0.1, -0.05) is 24.3 Å². The third-order valence-corrected chi connectivity index (χ3v) is 4.13. The molecular formula is C15H21NO2. The molecule has 0 amide bonds. The molecule has 1 fully saturated rings. The third-order valence-electron chi connectivity index (χ3n) is 4.13. The van der Waals surface area contributed by atoms with Crippen molar-refractivity contribution in [3.8, 4) is 0 Å². The molecular weight excluding hydrogens is 226 g/mol. The fourth-order valence-corrected chi connectivity index (χ4v) is 2.89. The van der Waals surface area contributed by atoms with Crippen LogP contribution in [0.1, 0.15) is 30.5 Å². The van der Waals surface area contributed by atoms with E-state index in [0.29, 0.717) is 18.1 Å². The van der Waals surface area contributed by atoms with Crippen molar-refractivity contribution >= 4 is 0 Å². The summed E-state index contributed by atoms with van der Waals surface area (Å²) in [7, 11) is 0. The molecule has 3 rings (SSSR count). The van der Waals surface area contributed by atoms with Gasteiger partial charge in [-0.15, -0.1) is 0 Å². The number of hydrogen-bond donors (Lipinski definition) is 1. The van der Waals surface area contributed by atoms with Gasteiger partial charge in [0, 0.05) is 13.2 Å². The van der Waals surface area contributed by atoms with Crippen LogP contribution >= 0.6 is 0 Å². The van der Waals surface area contributed by atoms with E-state index in [1.165, 1.54) is 17.5 Å². The van der Waals surface area contributed by atoms with Gasteiger partial charge in [0.15, 0.2) is 0 Å². The Morgan fingerprint density at radius 2 is 2.22 bits per heavy atom. The predicted molar refractivity (Wildman–Crippen MR) is 70.4 cm³/mol. The summed E-state index contributed by atoms with van der Waals surface area (Å²) in [4.78, 5) is 0. The lowest BCUT2D eigenvalue weighted by Gasteiger charge is -2.28. The van der Waals surface area contributed by atoms with Crippen molar-refractivity contribution in [1.29, 1.82) is 0 Å². The molecule has 1 N–H and O–H groups in total. The minimum atomic E-state index is 0.336. The maximum Gasteiger partial charge on any atom is 0.0721 e. The van der Waals surface area contributed by atoms with Gasteiger partial charge < -0.3 is 14.8 Å². The first kappa shape index (κ1) is 12.2. The van der Waals surface area contributed by atoms with E-state index in [0.717, 1.165) is 26.4 Å². The largest absolute Gasteiger partial charge is 0.378 e. The molecule has 3 heteroatoms. The van der Waals surface area contributed by atoms with Crippen LogP contribution in [0.5, 0.6) is 0 Å². The molecule has 2 aliphatic heterocycles. The molecule has 0 radical (unpaired) electrons. The van der Waals surface area contributed by atoms with Crippen molar-refractivity contribution in [3.63, 3.8) is 0 Å². The number of rotatable bonds is 3. The van der Waals surface area contributed by atoms with Crippen LogP contribution in [0.15, 0.2) is 24.3 Å². The van der Waals surface area contributed by atoms with Gasteiger partial charge in [-0.25, -0.2) is 0 Å². The average molecular weight is 247 g/mol. The molecule has 1 aromatic rings. The maximum absolute atomic E-state index is 5.66. The highest BCUT2D eigenvalue weighted by molar-refractivity contribution is 5.31. The summed E-state index contributed by atoms with van der Waals surface area (Å²) >= 11 is 0. The van der Waals surface area contributed by atoms with E-state index >= 15 is 0 Å². The minimum absolute atomic E-state index is 0.336. The number of benzene rings is 1. The quantitative estimate of drug-likeness (QED) is 0.889. The molecule has 0 bridgehead atoms. The first-order valence-electron chi connectivity index (χ1n) is 6.85. The Kier molecular flexibility index (Phi) is 3.64. The van der Waals surface area contributed by atoms with Crippen molar-refractivity contribution in [3.05, 3.63) is 35.4 Å². The first-order chi connectivity index (χ1) is 8.84. The van der Waals surface area contributed by atoms with Gasteiger partial charge in [0.05, 0.1) is 25.4 Å². The molecule has 3 unspecified atom stereocenters. The van der Waals surface area contributed by atoms with E-state index in [9.17, 15) is 0 Å². The van der Waals surface area contributed by atoms with E-state index in [2.05, 4.69) is 36.5 Å². The number of ether oxygens (including phenoxy) is 2. The van der Waals surface area contributed by atoms with Gasteiger partial charge in [-0.3, -0.25) is 0 Å². The second kappa shape index (κ2) is 5.39. The van der Waals surface area contributed by atoms with Crippen LogP contribution in [0.3, 0.4) is 0 Å². The van der Waals surface area contributed by atoms with Crippen LogP contribution in [-0.4, -0.2) is 25.9 Å². The smallest absolute Gasteiger partial charge is 0.0721 e. The van der Waals surface area contributed by atoms with Crippen LogP contribution in [0.4, 0.5) is 0 Å². The molecule has 0 spiro atoms. The number of fused-ring (bicyclic) bond motifs is 1. The van der Waals surface area contributed by atoms with Gasteiger partial charge in [0.2, 0.25) is 0 Å². The number of nitrogens with one attached hydrogen (secondary N) is 1. The third kappa shape index (κ3) is 2.44. The molecule has 3 nitrogen and oxygen atoms in total. The highest BCUT2D eigenvalue weighted by Crippen LogP contribution is 2.26. The van der Waals surface area contributed by atoms with Crippen LogP contribution in [0.2, 0.25) is 0 Å². The monoisotopic (exact) mass is 247 g/mol. The fraction of sp³-hybridized carbons (Fsp3) is 0.600. The minimum Gasteiger partial charge on any atom is -0.378 e. The zero-order chi connectivity index (χ0) is 12.4. The zero-order valence-electron chi connectivity index (χ0n) is 10.9. The van der Waals surface area contributed by atoms with Gasteiger partial charge in [0.25, 0.3) is 0 Å². The molecule has 0 saturated carbocycles. The average Bonchev–Trinajstić information content (AvgIpc) is 2.82. The molecule has 2 heterocycles. The summed E-state index contributed by atoms with van der Waals surface area (Å²) in [6.45, 7) is 5.62. The van der Waals surface area contributed by atoms with E-state index in [1.54, 1.807) is 0 Å². The van der Waals surface area contributed by atoms with E-state index in [1.807, 2.05) is 0 Å². The summed E-state index contributed by atoms with van der Waals surface area (Å²) in [6, 6.07) is 8.90. The number of hydrogen-bond acceptors (Lipinski definition) is 3.